The van der Waals surface area contributed by atoms with Crippen LogP contribution in [0, 0.1) is 13.8 Å². The highest BCUT2D eigenvalue weighted by Gasteiger charge is 2.23. The minimum atomic E-state index is -0.494. The van der Waals surface area contributed by atoms with E-state index < -0.39 is 5.54 Å². The molecule has 0 unspecified atom stereocenters. The van der Waals surface area contributed by atoms with Gasteiger partial charge in [-0.1, -0.05) is 35.9 Å². The molecule has 0 bridgehead atoms. The zero-order chi connectivity index (χ0) is 16.3. The topological polar surface area (TPSA) is 41.1 Å². The Hall–Kier alpha value is -2.00. The highest BCUT2D eigenvalue weighted by atomic mass is 35.5. The van der Waals surface area contributed by atoms with Crippen LogP contribution in [0.3, 0.4) is 0 Å². The number of amides is 2. The zero-order valence-electron chi connectivity index (χ0n) is 13.3. The molecule has 0 radical (unpaired) electrons. The first-order valence-corrected chi connectivity index (χ1v) is 7.58. The fourth-order valence-electron chi connectivity index (χ4n) is 2.25. The van der Waals surface area contributed by atoms with Crippen molar-refractivity contribution in [3.63, 3.8) is 0 Å². The summed E-state index contributed by atoms with van der Waals surface area (Å²) in [4.78, 5) is 12.3. The summed E-state index contributed by atoms with van der Waals surface area (Å²) in [6.45, 7) is 7.89. The molecule has 22 heavy (non-hydrogen) atoms. The Balaban J connectivity index is 2.10. The molecule has 2 aromatic carbocycles. The lowest BCUT2D eigenvalue weighted by atomic mass is 9.94. The van der Waals surface area contributed by atoms with E-state index in [1.807, 2.05) is 70.2 Å². The van der Waals surface area contributed by atoms with E-state index in [-0.39, 0.29) is 6.03 Å². The van der Waals surface area contributed by atoms with Gasteiger partial charge >= 0.3 is 6.03 Å². The van der Waals surface area contributed by atoms with Gasteiger partial charge in [0.2, 0.25) is 0 Å². The number of rotatable bonds is 3. The van der Waals surface area contributed by atoms with Crippen molar-refractivity contribution in [2.24, 2.45) is 0 Å². The van der Waals surface area contributed by atoms with E-state index in [4.69, 9.17) is 11.6 Å². The maximum absolute atomic E-state index is 12.3. The fourth-order valence-corrected chi connectivity index (χ4v) is 2.37. The Morgan fingerprint density at radius 1 is 1.05 bits per heavy atom. The molecule has 116 valence electrons. The predicted molar refractivity (Wildman–Crippen MR) is 92.5 cm³/mol. The van der Waals surface area contributed by atoms with Crippen molar-refractivity contribution in [3.05, 3.63) is 64.2 Å². The zero-order valence-corrected chi connectivity index (χ0v) is 14.1. The summed E-state index contributed by atoms with van der Waals surface area (Å²) < 4.78 is 0. The molecule has 0 saturated carbocycles. The van der Waals surface area contributed by atoms with E-state index in [1.54, 1.807) is 0 Å². The molecule has 2 aromatic rings. The van der Waals surface area contributed by atoms with Gasteiger partial charge in [0.1, 0.15) is 0 Å². The van der Waals surface area contributed by atoms with Crippen LogP contribution in [0.15, 0.2) is 42.5 Å². The van der Waals surface area contributed by atoms with Gasteiger partial charge in [-0.25, -0.2) is 4.79 Å². The first kappa shape index (κ1) is 16.4. The number of carbonyl (C=O) groups is 1. The highest BCUT2D eigenvalue weighted by Crippen LogP contribution is 2.22. The predicted octanol–water partition coefficient (Wildman–Crippen LogP) is 5.01. The van der Waals surface area contributed by atoms with Crippen LogP contribution in [0.25, 0.3) is 0 Å². The molecule has 0 aliphatic carbocycles. The molecule has 0 atom stereocenters. The summed E-state index contributed by atoms with van der Waals surface area (Å²) in [5.41, 5.74) is 3.46. The smallest absolute Gasteiger partial charge is 0.319 e. The van der Waals surface area contributed by atoms with Crippen LogP contribution >= 0.6 is 11.6 Å². The SMILES string of the molecule is Cc1ccc(C)c(NC(=O)NC(C)(C)c2ccc(Cl)cc2)c1. The van der Waals surface area contributed by atoms with E-state index in [1.165, 1.54) is 0 Å². The average molecular weight is 317 g/mol. The van der Waals surface area contributed by atoms with Crippen LogP contribution < -0.4 is 10.6 Å². The lowest BCUT2D eigenvalue weighted by Gasteiger charge is -2.27. The number of aryl methyl sites for hydroxylation is 2. The van der Waals surface area contributed by atoms with Crippen molar-refractivity contribution < 1.29 is 4.79 Å². The van der Waals surface area contributed by atoms with E-state index in [9.17, 15) is 4.79 Å². The number of halogens is 1. The minimum Gasteiger partial charge on any atom is -0.329 e. The van der Waals surface area contributed by atoms with Gasteiger partial charge in [0.05, 0.1) is 5.54 Å². The number of urea groups is 1. The molecule has 3 nitrogen and oxygen atoms in total. The normalized spacial score (nSPS) is 11.1. The maximum Gasteiger partial charge on any atom is 0.319 e. The monoisotopic (exact) mass is 316 g/mol. The van der Waals surface area contributed by atoms with Gasteiger partial charge < -0.3 is 10.6 Å². The van der Waals surface area contributed by atoms with Crippen LogP contribution in [-0.2, 0) is 5.54 Å². The van der Waals surface area contributed by atoms with E-state index >= 15 is 0 Å². The minimum absolute atomic E-state index is 0.228. The van der Waals surface area contributed by atoms with Crippen LogP contribution in [-0.4, -0.2) is 6.03 Å². The summed E-state index contributed by atoms with van der Waals surface area (Å²) in [6.07, 6.45) is 0. The third-order valence-electron chi connectivity index (χ3n) is 3.63. The molecule has 0 aromatic heterocycles. The van der Waals surface area contributed by atoms with Crippen molar-refractivity contribution >= 4 is 23.3 Å². The molecular formula is C18H21ClN2O. The number of hydrogen-bond acceptors (Lipinski definition) is 1. The quantitative estimate of drug-likeness (QED) is 0.820. The highest BCUT2D eigenvalue weighted by molar-refractivity contribution is 6.30. The van der Waals surface area contributed by atoms with Gasteiger partial charge in [-0.05, 0) is 62.6 Å². The van der Waals surface area contributed by atoms with Gasteiger partial charge in [-0.2, -0.15) is 0 Å². The number of anilines is 1. The molecule has 4 heteroatoms. The van der Waals surface area contributed by atoms with Crippen LogP contribution in [0.4, 0.5) is 10.5 Å². The van der Waals surface area contributed by atoms with E-state index in [0.29, 0.717) is 5.02 Å². The first-order valence-electron chi connectivity index (χ1n) is 7.20. The second-order valence-corrected chi connectivity index (χ2v) is 6.47. The van der Waals surface area contributed by atoms with Crippen molar-refractivity contribution in [2.75, 3.05) is 5.32 Å². The summed E-state index contributed by atoms with van der Waals surface area (Å²) in [5.74, 6) is 0. The lowest BCUT2D eigenvalue weighted by molar-refractivity contribution is 0.242. The number of hydrogen-bond donors (Lipinski definition) is 2. The number of carbonyl (C=O) groups excluding carboxylic acids is 1. The second kappa shape index (κ2) is 6.41. The summed E-state index contributed by atoms with van der Waals surface area (Å²) in [6, 6.07) is 13.2. The average Bonchev–Trinajstić information content (AvgIpc) is 2.42. The molecule has 0 aliphatic rings. The van der Waals surface area contributed by atoms with Crippen LogP contribution in [0.5, 0.6) is 0 Å². The first-order chi connectivity index (χ1) is 10.3. The van der Waals surface area contributed by atoms with E-state index in [0.717, 1.165) is 22.4 Å². The maximum atomic E-state index is 12.3. The molecule has 0 saturated heterocycles. The third kappa shape index (κ3) is 4.01. The van der Waals surface area contributed by atoms with Crippen LogP contribution in [0.1, 0.15) is 30.5 Å². The van der Waals surface area contributed by atoms with Crippen molar-refractivity contribution in [1.82, 2.24) is 5.32 Å². The second-order valence-electron chi connectivity index (χ2n) is 6.03. The lowest BCUT2D eigenvalue weighted by Crippen LogP contribution is -2.43. The van der Waals surface area contributed by atoms with Gasteiger partial charge in [0.15, 0.2) is 0 Å². The molecule has 0 spiro atoms. The van der Waals surface area contributed by atoms with Crippen LogP contribution in [0.2, 0.25) is 5.02 Å². The fraction of sp³-hybridized carbons (Fsp3) is 0.278. The molecule has 0 aliphatic heterocycles. The summed E-state index contributed by atoms with van der Waals surface area (Å²) in [5, 5.41) is 6.59. The Bertz CT molecular complexity index is 678. The summed E-state index contributed by atoms with van der Waals surface area (Å²) in [7, 11) is 0. The standard InChI is InChI=1S/C18H21ClN2O/c1-12-5-6-13(2)16(11-12)20-17(22)21-18(3,4)14-7-9-15(19)10-8-14/h5-11H,1-4H3,(H2,20,21,22). The van der Waals surface area contributed by atoms with Crippen molar-refractivity contribution in [2.45, 2.75) is 33.2 Å². The summed E-state index contributed by atoms with van der Waals surface area (Å²) >= 11 is 5.91. The molecule has 0 heterocycles. The molecule has 2 amide bonds. The number of benzene rings is 2. The van der Waals surface area contributed by atoms with Gasteiger partial charge in [0.25, 0.3) is 0 Å². The molecule has 2 rings (SSSR count). The van der Waals surface area contributed by atoms with Crippen molar-refractivity contribution in [1.29, 1.82) is 0 Å². The Morgan fingerprint density at radius 3 is 2.32 bits per heavy atom. The molecule has 0 fully saturated rings. The molecule has 2 N–H and O–H groups in total. The Kier molecular flexibility index (Phi) is 4.77. The molecular weight excluding hydrogens is 296 g/mol. The van der Waals surface area contributed by atoms with Crippen molar-refractivity contribution in [3.8, 4) is 0 Å². The number of nitrogens with one attached hydrogen (secondary N) is 2. The Labute approximate surface area is 136 Å². The van der Waals surface area contributed by atoms with Gasteiger partial charge in [-0.15, -0.1) is 0 Å². The van der Waals surface area contributed by atoms with Gasteiger partial charge in [-0.3, -0.25) is 0 Å². The van der Waals surface area contributed by atoms with Gasteiger partial charge in [0, 0.05) is 10.7 Å². The Morgan fingerprint density at radius 2 is 1.68 bits per heavy atom. The largest absolute Gasteiger partial charge is 0.329 e. The van der Waals surface area contributed by atoms with E-state index in [2.05, 4.69) is 10.6 Å². The third-order valence-corrected chi connectivity index (χ3v) is 3.89.